The third kappa shape index (κ3) is 2.60. The molecule has 0 radical (unpaired) electrons. The van der Waals surface area contributed by atoms with Gasteiger partial charge in [-0.3, -0.25) is 4.79 Å². The van der Waals surface area contributed by atoms with Gasteiger partial charge in [0.25, 0.3) is 0 Å². The van der Waals surface area contributed by atoms with Crippen LogP contribution in [-0.2, 0) is 4.79 Å². The maximum atomic E-state index is 10.6. The minimum atomic E-state index is -0.895. The van der Waals surface area contributed by atoms with Crippen LogP contribution in [0.3, 0.4) is 0 Å². The van der Waals surface area contributed by atoms with Gasteiger partial charge in [0.05, 0.1) is 0 Å². The minimum absolute atomic E-state index is 0.0951. The van der Waals surface area contributed by atoms with Gasteiger partial charge in [-0.1, -0.05) is 0 Å². The molecule has 0 atom stereocenters. The zero-order valence-corrected chi connectivity index (χ0v) is 9.32. The lowest BCUT2D eigenvalue weighted by Crippen LogP contribution is -2.26. The number of nitrogens with zero attached hydrogens (tertiary/aromatic N) is 4. The average molecular weight is 232 g/mol. The van der Waals surface area contributed by atoms with Gasteiger partial charge in [0.1, 0.15) is 24.5 Å². The molecule has 0 unspecified atom stereocenters. The van der Waals surface area contributed by atoms with Crippen molar-refractivity contribution in [2.75, 3.05) is 18.5 Å². The van der Waals surface area contributed by atoms with E-state index in [9.17, 15) is 4.79 Å². The predicted molar refractivity (Wildman–Crippen MR) is 62.3 cm³/mol. The minimum Gasteiger partial charge on any atom is -0.480 e. The van der Waals surface area contributed by atoms with Crippen LogP contribution in [0.1, 0.15) is 0 Å². The van der Waals surface area contributed by atoms with Crippen LogP contribution < -0.4 is 4.90 Å². The molecule has 0 saturated carbocycles. The number of carboxylic acids is 1. The van der Waals surface area contributed by atoms with Gasteiger partial charge >= 0.3 is 5.97 Å². The summed E-state index contributed by atoms with van der Waals surface area (Å²) in [6.45, 7) is -0.0951. The van der Waals surface area contributed by atoms with Crippen molar-refractivity contribution in [3.63, 3.8) is 0 Å². The maximum Gasteiger partial charge on any atom is 0.323 e. The molecule has 0 aliphatic heterocycles. The number of aliphatic carboxylic acids is 1. The second-order valence-electron chi connectivity index (χ2n) is 3.57. The van der Waals surface area contributed by atoms with Crippen molar-refractivity contribution in [1.29, 1.82) is 0 Å². The first-order valence-electron chi connectivity index (χ1n) is 5.05. The highest BCUT2D eigenvalue weighted by molar-refractivity contribution is 5.73. The van der Waals surface area contributed by atoms with Gasteiger partial charge in [-0.25, -0.2) is 9.97 Å². The third-order valence-corrected chi connectivity index (χ3v) is 2.27. The Balaban J connectivity index is 2.25. The number of carboxylic acid groups (broad SMARTS) is 1. The second kappa shape index (κ2) is 4.65. The largest absolute Gasteiger partial charge is 0.480 e. The summed E-state index contributed by atoms with van der Waals surface area (Å²) >= 11 is 0. The van der Waals surface area contributed by atoms with Crippen LogP contribution in [-0.4, -0.2) is 39.2 Å². The van der Waals surface area contributed by atoms with E-state index in [0.29, 0.717) is 11.6 Å². The van der Waals surface area contributed by atoms with E-state index in [0.717, 1.165) is 0 Å². The lowest BCUT2D eigenvalue weighted by Gasteiger charge is -2.15. The molecule has 0 bridgehead atoms. The number of anilines is 1. The highest BCUT2D eigenvalue weighted by Gasteiger charge is 2.08. The third-order valence-electron chi connectivity index (χ3n) is 2.27. The van der Waals surface area contributed by atoms with Gasteiger partial charge in [-0.15, -0.1) is 0 Å². The molecule has 1 N–H and O–H groups in total. The van der Waals surface area contributed by atoms with E-state index in [-0.39, 0.29) is 6.54 Å². The number of hydrogen-bond donors (Lipinski definition) is 1. The second-order valence-corrected chi connectivity index (χ2v) is 3.57. The van der Waals surface area contributed by atoms with Crippen LogP contribution in [0.25, 0.3) is 5.82 Å². The lowest BCUT2D eigenvalue weighted by atomic mass is 10.4. The molecule has 0 fully saturated rings. The fourth-order valence-corrected chi connectivity index (χ4v) is 1.46. The van der Waals surface area contributed by atoms with E-state index < -0.39 is 5.97 Å². The van der Waals surface area contributed by atoms with Crippen LogP contribution in [0, 0.1) is 0 Å². The lowest BCUT2D eigenvalue weighted by molar-refractivity contribution is -0.135. The normalized spacial score (nSPS) is 10.2. The van der Waals surface area contributed by atoms with Crippen molar-refractivity contribution < 1.29 is 9.90 Å². The van der Waals surface area contributed by atoms with E-state index in [1.165, 1.54) is 6.33 Å². The quantitative estimate of drug-likeness (QED) is 0.843. The Bertz CT molecular complexity index is 510. The number of likely N-dealkylation sites (N-methyl/N-ethyl adjacent to an activating group) is 1. The molecule has 2 heterocycles. The van der Waals surface area contributed by atoms with Crippen molar-refractivity contribution in [1.82, 2.24) is 14.5 Å². The Morgan fingerprint density at radius 1 is 1.41 bits per heavy atom. The van der Waals surface area contributed by atoms with Gasteiger partial charge in [0.2, 0.25) is 0 Å². The molecule has 2 aromatic heterocycles. The molecule has 6 nitrogen and oxygen atoms in total. The molecular weight excluding hydrogens is 220 g/mol. The summed E-state index contributed by atoms with van der Waals surface area (Å²) in [7, 11) is 1.68. The first kappa shape index (κ1) is 11.1. The SMILES string of the molecule is CN(CC(=O)O)c1cc(-n2cccc2)ncn1. The molecule has 0 aliphatic rings. The summed E-state index contributed by atoms with van der Waals surface area (Å²) in [4.78, 5) is 20.3. The average Bonchev–Trinajstić information content (AvgIpc) is 2.82. The predicted octanol–water partition coefficient (Wildman–Crippen LogP) is 0.788. The fraction of sp³-hybridized carbons (Fsp3) is 0.182. The van der Waals surface area contributed by atoms with E-state index >= 15 is 0 Å². The Labute approximate surface area is 98.2 Å². The van der Waals surface area contributed by atoms with Crippen LogP contribution in [0.2, 0.25) is 0 Å². The Kier molecular flexibility index (Phi) is 3.04. The van der Waals surface area contributed by atoms with Crippen molar-refractivity contribution in [2.24, 2.45) is 0 Å². The highest BCUT2D eigenvalue weighted by Crippen LogP contribution is 2.12. The van der Waals surface area contributed by atoms with E-state index in [2.05, 4.69) is 9.97 Å². The maximum absolute atomic E-state index is 10.6. The summed E-state index contributed by atoms with van der Waals surface area (Å²) in [6, 6.07) is 5.52. The van der Waals surface area contributed by atoms with E-state index in [1.54, 1.807) is 18.0 Å². The van der Waals surface area contributed by atoms with Crippen LogP contribution in [0.4, 0.5) is 5.82 Å². The summed E-state index contributed by atoms with van der Waals surface area (Å²) in [5.41, 5.74) is 0. The molecule has 0 saturated heterocycles. The molecule has 2 rings (SSSR count). The smallest absolute Gasteiger partial charge is 0.323 e. The molecule has 0 amide bonds. The Morgan fingerprint density at radius 3 is 2.76 bits per heavy atom. The Hall–Kier alpha value is -2.37. The first-order valence-corrected chi connectivity index (χ1v) is 5.05. The first-order chi connectivity index (χ1) is 8.16. The van der Waals surface area contributed by atoms with Gasteiger partial charge in [0, 0.05) is 25.5 Å². The van der Waals surface area contributed by atoms with Gasteiger partial charge in [-0.05, 0) is 12.1 Å². The topological polar surface area (TPSA) is 71.2 Å². The zero-order valence-electron chi connectivity index (χ0n) is 9.32. The number of carbonyl (C=O) groups is 1. The van der Waals surface area contributed by atoms with Gasteiger partial charge < -0.3 is 14.6 Å². The standard InChI is InChI=1S/C11H12N4O2/c1-14(7-11(16)17)9-6-10(13-8-12-9)15-4-2-3-5-15/h2-6,8H,7H2,1H3,(H,16,17). The van der Waals surface area contributed by atoms with Crippen LogP contribution >= 0.6 is 0 Å². The van der Waals surface area contributed by atoms with Crippen molar-refractivity contribution in [3.8, 4) is 5.82 Å². The molecule has 6 heteroatoms. The summed E-state index contributed by atoms with van der Waals surface area (Å²) in [5, 5.41) is 8.71. The molecule has 88 valence electrons. The van der Waals surface area contributed by atoms with E-state index in [1.807, 2.05) is 29.1 Å². The van der Waals surface area contributed by atoms with Crippen molar-refractivity contribution in [3.05, 3.63) is 36.9 Å². The van der Waals surface area contributed by atoms with Gasteiger partial charge in [-0.2, -0.15) is 0 Å². The summed E-state index contributed by atoms with van der Waals surface area (Å²) in [5.74, 6) is 0.386. The van der Waals surface area contributed by atoms with Crippen LogP contribution in [0.15, 0.2) is 36.9 Å². The molecule has 0 aromatic carbocycles. The molecule has 17 heavy (non-hydrogen) atoms. The monoisotopic (exact) mass is 232 g/mol. The van der Waals surface area contributed by atoms with Crippen molar-refractivity contribution >= 4 is 11.8 Å². The van der Waals surface area contributed by atoms with Crippen molar-refractivity contribution in [2.45, 2.75) is 0 Å². The molecule has 2 aromatic rings. The number of aromatic nitrogens is 3. The number of rotatable bonds is 4. The number of hydrogen-bond acceptors (Lipinski definition) is 4. The fourth-order valence-electron chi connectivity index (χ4n) is 1.46. The highest BCUT2D eigenvalue weighted by atomic mass is 16.4. The zero-order chi connectivity index (χ0) is 12.3. The molecule has 0 spiro atoms. The summed E-state index contributed by atoms with van der Waals surface area (Å²) < 4.78 is 1.83. The van der Waals surface area contributed by atoms with Crippen LogP contribution in [0.5, 0.6) is 0 Å². The van der Waals surface area contributed by atoms with Gasteiger partial charge in [0.15, 0.2) is 0 Å². The Morgan fingerprint density at radius 2 is 2.12 bits per heavy atom. The van der Waals surface area contributed by atoms with E-state index in [4.69, 9.17) is 5.11 Å². The summed E-state index contributed by atoms with van der Waals surface area (Å²) in [6.07, 6.45) is 5.15. The molecular formula is C11H12N4O2. The molecule has 0 aliphatic carbocycles.